The van der Waals surface area contributed by atoms with Crippen LogP contribution in [0.4, 0.5) is 5.69 Å². The van der Waals surface area contributed by atoms with Crippen molar-refractivity contribution in [3.8, 4) is 11.8 Å². The number of anilines is 1. The molecule has 5 nitrogen and oxygen atoms in total. The van der Waals surface area contributed by atoms with Crippen LogP contribution in [0.15, 0.2) is 24.3 Å². The van der Waals surface area contributed by atoms with E-state index in [2.05, 4.69) is 5.32 Å². The van der Waals surface area contributed by atoms with Crippen molar-refractivity contribution in [1.82, 2.24) is 0 Å². The zero-order chi connectivity index (χ0) is 14.4. The number of nitrogens with zero attached hydrogens (tertiary/aromatic N) is 1. The van der Waals surface area contributed by atoms with Gasteiger partial charge in [-0.15, -0.1) is 0 Å². The number of hydrogen-bond donors (Lipinski definition) is 2. The van der Waals surface area contributed by atoms with Crippen molar-refractivity contribution in [2.24, 2.45) is 11.7 Å². The molecule has 20 heavy (non-hydrogen) atoms. The number of nitriles is 1. The van der Waals surface area contributed by atoms with Gasteiger partial charge in [-0.1, -0.05) is 6.07 Å². The van der Waals surface area contributed by atoms with Crippen LogP contribution in [-0.4, -0.2) is 18.6 Å². The molecule has 0 atom stereocenters. The third kappa shape index (κ3) is 3.97. The number of hydrogen-bond acceptors (Lipinski definition) is 4. The molecule has 0 saturated heterocycles. The molecular weight excluding hydrogens is 254 g/mol. The number of rotatable bonds is 4. The molecule has 1 aliphatic carbocycles. The van der Waals surface area contributed by atoms with Crippen LogP contribution in [0.5, 0.6) is 5.75 Å². The molecule has 3 N–H and O–H groups in total. The molecule has 0 bridgehead atoms. The Hall–Kier alpha value is -2.06. The number of carbonyl (C=O) groups is 1. The summed E-state index contributed by atoms with van der Waals surface area (Å²) < 4.78 is 5.21. The minimum atomic E-state index is -0.00207. The fraction of sp³-hybridized carbons (Fsp3) is 0.467. The molecule has 2 rings (SSSR count). The SMILES string of the molecule is N#CCOc1cccc(NC(=O)C2CCC(N)CC2)c1. The number of carbonyl (C=O) groups excluding carboxylic acids is 1. The zero-order valence-corrected chi connectivity index (χ0v) is 11.3. The number of nitrogens with two attached hydrogens (primary N) is 1. The van der Waals surface area contributed by atoms with Gasteiger partial charge < -0.3 is 15.8 Å². The standard InChI is InChI=1S/C15H19N3O2/c16-8-9-20-14-3-1-2-13(10-14)18-15(19)11-4-6-12(17)7-5-11/h1-3,10-12H,4-7,9,17H2,(H,18,19). The van der Waals surface area contributed by atoms with E-state index in [-0.39, 0.29) is 24.5 Å². The molecule has 0 aliphatic heterocycles. The average Bonchev–Trinajstić information content (AvgIpc) is 2.46. The Kier molecular flexibility index (Phi) is 4.97. The third-order valence-corrected chi connectivity index (χ3v) is 3.55. The summed E-state index contributed by atoms with van der Waals surface area (Å²) in [6.45, 7) is -0.00207. The molecule has 0 aromatic heterocycles. The van der Waals surface area contributed by atoms with Gasteiger partial charge in [0, 0.05) is 23.7 Å². The Morgan fingerprint density at radius 1 is 1.40 bits per heavy atom. The predicted molar refractivity (Wildman–Crippen MR) is 76.1 cm³/mol. The van der Waals surface area contributed by atoms with E-state index in [1.807, 2.05) is 12.1 Å². The maximum absolute atomic E-state index is 12.2. The molecule has 1 amide bonds. The Labute approximate surface area is 118 Å². The van der Waals surface area contributed by atoms with Gasteiger partial charge in [0.05, 0.1) is 0 Å². The van der Waals surface area contributed by atoms with Gasteiger partial charge in [0.2, 0.25) is 5.91 Å². The van der Waals surface area contributed by atoms with Crippen molar-refractivity contribution < 1.29 is 9.53 Å². The van der Waals surface area contributed by atoms with Crippen LogP contribution in [0.3, 0.4) is 0 Å². The van der Waals surface area contributed by atoms with E-state index in [1.165, 1.54) is 0 Å². The van der Waals surface area contributed by atoms with E-state index >= 15 is 0 Å². The van der Waals surface area contributed by atoms with E-state index in [4.69, 9.17) is 15.7 Å². The molecule has 0 unspecified atom stereocenters. The highest BCUT2D eigenvalue weighted by Crippen LogP contribution is 2.25. The lowest BCUT2D eigenvalue weighted by Crippen LogP contribution is -2.32. The molecule has 106 valence electrons. The summed E-state index contributed by atoms with van der Waals surface area (Å²) in [5.41, 5.74) is 6.54. The van der Waals surface area contributed by atoms with Gasteiger partial charge in [0.1, 0.15) is 11.8 Å². The first-order valence-electron chi connectivity index (χ1n) is 6.85. The minimum Gasteiger partial charge on any atom is -0.479 e. The maximum atomic E-state index is 12.2. The molecular formula is C15H19N3O2. The topological polar surface area (TPSA) is 88.1 Å². The van der Waals surface area contributed by atoms with Crippen LogP contribution < -0.4 is 15.8 Å². The van der Waals surface area contributed by atoms with Gasteiger partial charge in [-0.05, 0) is 37.8 Å². The second-order valence-corrected chi connectivity index (χ2v) is 5.08. The van der Waals surface area contributed by atoms with Crippen LogP contribution in [0.1, 0.15) is 25.7 Å². The maximum Gasteiger partial charge on any atom is 0.227 e. The van der Waals surface area contributed by atoms with E-state index in [0.717, 1.165) is 25.7 Å². The molecule has 0 heterocycles. The monoisotopic (exact) mass is 273 g/mol. The molecule has 0 radical (unpaired) electrons. The van der Waals surface area contributed by atoms with Crippen LogP contribution >= 0.6 is 0 Å². The molecule has 1 fully saturated rings. The van der Waals surface area contributed by atoms with Crippen molar-refractivity contribution in [3.63, 3.8) is 0 Å². The largest absolute Gasteiger partial charge is 0.479 e. The summed E-state index contributed by atoms with van der Waals surface area (Å²) in [6, 6.07) is 9.23. The van der Waals surface area contributed by atoms with Gasteiger partial charge in [0.15, 0.2) is 6.61 Å². The quantitative estimate of drug-likeness (QED) is 0.878. The third-order valence-electron chi connectivity index (χ3n) is 3.55. The summed E-state index contributed by atoms with van der Waals surface area (Å²) in [6.07, 6.45) is 3.50. The Balaban J connectivity index is 1.92. The van der Waals surface area contributed by atoms with E-state index < -0.39 is 0 Å². The normalized spacial score (nSPS) is 21.8. The lowest BCUT2D eigenvalue weighted by Gasteiger charge is -2.25. The lowest BCUT2D eigenvalue weighted by atomic mass is 9.86. The molecule has 5 heteroatoms. The van der Waals surface area contributed by atoms with Gasteiger partial charge in [0.25, 0.3) is 0 Å². The van der Waals surface area contributed by atoms with Crippen LogP contribution in [0, 0.1) is 17.2 Å². The fourth-order valence-electron chi connectivity index (χ4n) is 2.40. The van der Waals surface area contributed by atoms with E-state index in [9.17, 15) is 4.79 Å². The highest BCUT2D eigenvalue weighted by molar-refractivity contribution is 5.92. The summed E-state index contributed by atoms with van der Waals surface area (Å²) in [4.78, 5) is 12.2. The van der Waals surface area contributed by atoms with Crippen molar-refractivity contribution in [3.05, 3.63) is 24.3 Å². The summed E-state index contributed by atoms with van der Waals surface area (Å²) >= 11 is 0. The zero-order valence-electron chi connectivity index (χ0n) is 11.3. The first-order valence-corrected chi connectivity index (χ1v) is 6.85. The first-order chi connectivity index (χ1) is 9.69. The van der Waals surface area contributed by atoms with Crippen molar-refractivity contribution in [1.29, 1.82) is 5.26 Å². The van der Waals surface area contributed by atoms with E-state index in [1.54, 1.807) is 18.2 Å². The smallest absolute Gasteiger partial charge is 0.227 e. The second kappa shape index (κ2) is 6.92. The molecule has 1 saturated carbocycles. The van der Waals surface area contributed by atoms with Gasteiger partial charge in [-0.2, -0.15) is 5.26 Å². The van der Waals surface area contributed by atoms with Crippen molar-refractivity contribution in [2.75, 3.05) is 11.9 Å². The lowest BCUT2D eigenvalue weighted by molar-refractivity contribution is -0.120. The summed E-state index contributed by atoms with van der Waals surface area (Å²) in [5.74, 6) is 0.655. The summed E-state index contributed by atoms with van der Waals surface area (Å²) in [5, 5.41) is 11.4. The Bertz CT molecular complexity index is 502. The molecule has 1 aliphatic rings. The van der Waals surface area contributed by atoms with Crippen molar-refractivity contribution in [2.45, 2.75) is 31.7 Å². The minimum absolute atomic E-state index is 0.00207. The van der Waals surface area contributed by atoms with Crippen LogP contribution in [-0.2, 0) is 4.79 Å². The van der Waals surface area contributed by atoms with Crippen LogP contribution in [0.2, 0.25) is 0 Å². The highest BCUT2D eigenvalue weighted by Gasteiger charge is 2.24. The number of ether oxygens (including phenoxy) is 1. The Morgan fingerprint density at radius 2 is 2.15 bits per heavy atom. The summed E-state index contributed by atoms with van der Waals surface area (Å²) in [7, 11) is 0. The number of benzene rings is 1. The second-order valence-electron chi connectivity index (χ2n) is 5.08. The van der Waals surface area contributed by atoms with Crippen LogP contribution in [0.25, 0.3) is 0 Å². The van der Waals surface area contributed by atoms with Crippen molar-refractivity contribution >= 4 is 11.6 Å². The molecule has 1 aromatic carbocycles. The highest BCUT2D eigenvalue weighted by atomic mass is 16.5. The fourth-order valence-corrected chi connectivity index (χ4v) is 2.40. The van der Waals surface area contributed by atoms with Gasteiger partial charge >= 0.3 is 0 Å². The number of nitrogens with one attached hydrogen (secondary N) is 1. The van der Waals surface area contributed by atoms with E-state index in [0.29, 0.717) is 11.4 Å². The Morgan fingerprint density at radius 3 is 2.85 bits per heavy atom. The number of amides is 1. The predicted octanol–water partition coefficient (Wildman–Crippen LogP) is 2.04. The first kappa shape index (κ1) is 14.4. The van der Waals surface area contributed by atoms with Gasteiger partial charge in [-0.3, -0.25) is 4.79 Å². The molecule has 0 spiro atoms. The van der Waals surface area contributed by atoms with Gasteiger partial charge in [-0.25, -0.2) is 0 Å². The average molecular weight is 273 g/mol. The molecule has 1 aromatic rings.